The maximum absolute atomic E-state index is 13.0. The van der Waals surface area contributed by atoms with Crippen LogP contribution in [0.5, 0.6) is 0 Å². The molecule has 0 radical (unpaired) electrons. The van der Waals surface area contributed by atoms with Gasteiger partial charge in [0.2, 0.25) is 0 Å². The molecule has 1 aliphatic carbocycles. The molecule has 0 bridgehead atoms. The molecule has 5 N–H and O–H groups in total. The Morgan fingerprint density at radius 3 is 2.66 bits per heavy atom. The number of aryl methyl sites for hydroxylation is 1. The molecule has 2 aliphatic rings. The number of primary amides is 1. The van der Waals surface area contributed by atoms with Gasteiger partial charge >= 0.3 is 0 Å². The van der Waals surface area contributed by atoms with Crippen molar-refractivity contribution < 1.29 is 19.1 Å². The molecule has 10 nitrogen and oxygen atoms in total. The van der Waals surface area contributed by atoms with Crippen molar-refractivity contribution in [1.82, 2.24) is 25.4 Å². The number of nitrogens with two attached hydrogens (primary N) is 1. The third kappa shape index (κ3) is 4.37. The molecule has 1 spiro atoms. The van der Waals surface area contributed by atoms with Crippen LogP contribution in [0.4, 0.5) is 0 Å². The van der Waals surface area contributed by atoms with Crippen LogP contribution in [-0.4, -0.2) is 69.1 Å². The second-order valence-electron chi connectivity index (χ2n) is 8.37. The van der Waals surface area contributed by atoms with Gasteiger partial charge in [0.1, 0.15) is 11.4 Å². The number of hydrogen-bond acceptors (Lipinski definition) is 5. The van der Waals surface area contributed by atoms with Gasteiger partial charge in [-0.1, -0.05) is 18.5 Å². The lowest BCUT2D eigenvalue weighted by atomic mass is 9.80. The second-order valence-corrected chi connectivity index (χ2v) is 8.75. The first kappa shape index (κ1) is 22.3. The van der Waals surface area contributed by atoms with Crippen molar-refractivity contribution in [2.45, 2.75) is 50.7 Å². The van der Waals surface area contributed by atoms with Gasteiger partial charge in [0, 0.05) is 12.6 Å². The van der Waals surface area contributed by atoms with Crippen molar-refractivity contribution >= 4 is 29.3 Å². The first-order valence-electron chi connectivity index (χ1n) is 10.8. The maximum Gasteiger partial charge on any atom is 0.276 e. The van der Waals surface area contributed by atoms with Crippen LogP contribution in [0.2, 0.25) is 5.02 Å². The average Bonchev–Trinajstić information content (AvgIpc) is 3.42. The van der Waals surface area contributed by atoms with Gasteiger partial charge in [-0.3, -0.25) is 19.5 Å². The highest BCUT2D eigenvalue weighted by Gasteiger charge is 2.42. The summed E-state index contributed by atoms with van der Waals surface area (Å²) in [4.78, 5) is 41.2. The lowest BCUT2D eigenvalue weighted by Crippen LogP contribution is -2.56. The van der Waals surface area contributed by atoms with E-state index in [9.17, 15) is 14.4 Å². The normalized spacial score (nSPS) is 23.3. The van der Waals surface area contributed by atoms with Crippen LogP contribution in [0.1, 0.15) is 69.8 Å². The van der Waals surface area contributed by atoms with E-state index in [2.05, 4.69) is 20.5 Å². The Morgan fingerprint density at radius 1 is 1.31 bits per heavy atom. The Kier molecular flexibility index (Phi) is 6.25. The number of carbonyl (C=O) groups excluding carboxylic acids is 3. The Labute approximate surface area is 190 Å². The zero-order valence-electron chi connectivity index (χ0n) is 17.9. The number of rotatable bonds is 5. The summed E-state index contributed by atoms with van der Waals surface area (Å²) in [5.74, 6) is -1.08. The number of aromatic nitrogens is 3. The SMILES string of the molecule is CCc1[nH]nc(C(=O)N2CCOC3(CCC(NC(=O)c4ccc(C(N)=O)[nH]4)CC3)C2)c1Cl. The first-order chi connectivity index (χ1) is 15.3. The summed E-state index contributed by atoms with van der Waals surface area (Å²) in [6.07, 6.45) is 3.55. The molecular formula is C21H27ClN6O4. The lowest BCUT2D eigenvalue weighted by molar-refractivity contribution is -0.120. The molecular weight excluding hydrogens is 436 g/mol. The van der Waals surface area contributed by atoms with E-state index in [-0.39, 0.29) is 29.2 Å². The third-order valence-electron chi connectivity index (χ3n) is 6.30. The largest absolute Gasteiger partial charge is 0.371 e. The molecule has 0 aromatic carbocycles. The van der Waals surface area contributed by atoms with Crippen LogP contribution < -0.4 is 11.1 Å². The number of amides is 3. The van der Waals surface area contributed by atoms with Crippen LogP contribution in [0.25, 0.3) is 0 Å². The van der Waals surface area contributed by atoms with E-state index in [0.717, 1.165) is 18.5 Å². The minimum Gasteiger partial charge on any atom is -0.371 e. The van der Waals surface area contributed by atoms with Gasteiger partial charge in [0.25, 0.3) is 17.7 Å². The molecule has 0 atom stereocenters. The maximum atomic E-state index is 13.0. The van der Waals surface area contributed by atoms with E-state index < -0.39 is 11.5 Å². The smallest absolute Gasteiger partial charge is 0.276 e. The number of hydrogen-bond donors (Lipinski definition) is 4. The predicted octanol–water partition coefficient (Wildman–Crippen LogP) is 1.64. The van der Waals surface area contributed by atoms with Gasteiger partial charge in [-0.15, -0.1) is 0 Å². The zero-order chi connectivity index (χ0) is 22.9. The number of halogens is 1. The minimum absolute atomic E-state index is 0.0176. The quantitative estimate of drug-likeness (QED) is 0.533. The molecule has 3 heterocycles. The van der Waals surface area contributed by atoms with E-state index in [1.807, 2.05) is 6.92 Å². The Bertz CT molecular complexity index is 1020. The van der Waals surface area contributed by atoms with Gasteiger partial charge in [-0.05, 0) is 44.2 Å². The number of aromatic amines is 2. The molecule has 3 amide bonds. The highest BCUT2D eigenvalue weighted by Crippen LogP contribution is 2.35. The first-order valence-corrected chi connectivity index (χ1v) is 11.2. The average molecular weight is 463 g/mol. The van der Waals surface area contributed by atoms with Crippen molar-refractivity contribution in [1.29, 1.82) is 0 Å². The second kappa shape index (κ2) is 8.95. The van der Waals surface area contributed by atoms with E-state index >= 15 is 0 Å². The highest BCUT2D eigenvalue weighted by atomic mass is 35.5. The molecule has 2 aromatic heterocycles. The lowest BCUT2D eigenvalue weighted by Gasteiger charge is -2.46. The van der Waals surface area contributed by atoms with Gasteiger partial charge in [-0.2, -0.15) is 5.10 Å². The number of ether oxygens (including phenoxy) is 1. The summed E-state index contributed by atoms with van der Waals surface area (Å²) in [5.41, 5.74) is 6.28. The van der Waals surface area contributed by atoms with Crippen molar-refractivity contribution in [3.8, 4) is 0 Å². The Morgan fingerprint density at radius 2 is 2.03 bits per heavy atom. The molecule has 2 aromatic rings. The number of H-pyrrole nitrogens is 2. The van der Waals surface area contributed by atoms with Crippen LogP contribution in [-0.2, 0) is 11.2 Å². The van der Waals surface area contributed by atoms with E-state index in [1.165, 1.54) is 12.1 Å². The van der Waals surface area contributed by atoms with Gasteiger partial charge < -0.3 is 25.7 Å². The predicted molar refractivity (Wildman–Crippen MR) is 117 cm³/mol. The Hall–Kier alpha value is -2.85. The number of carbonyl (C=O) groups is 3. The van der Waals surface area contributed by atoms with Crippen LogP contribution in [0, 0.1) is 0 Å². The molecule has 32 heavy (non-hydrogen) atoms. The monoisotopic (exact) mass is 462 g/mol. The van der Waals surface area contributed by atoms with Crippen LogP contribution in [0.3, 0.4) is 0 Å². The summed E-state index contributed by atoms with van der Waals surface area (Å²) < 4.78 is 6.12. The summed E-state index contributed by atoms with van der Waals surface area (Å²) in [7, 11) is 0. The summed E-state index contributed by atoms with van der Waals surface area (Å²) in [5, 5.41) is 10.3. The molecule has 1 saturated heterocycles. The molecule has 0 unspecified atom stereocenters. The summed E-state index contributed by atoms with van der Waals surface area (Å²) >= 11 is 6.31. The van der Waals surface area contributed by atoms with Crippen LogP contribution in [0.15, 0.2) is 12.1 Å². The summed E-state index contributed by atoms with van der Waals surface area (Å²) in [6, 6.07) is 3.01. The fraction of sp³-hybridized carbons (Fsp3) is 0.524. The minimum atomic E-state index is -0.612. The number of nitrogens with zero attached hydrogens (tertiary/aromatic N) is 2. The van der Waals surface area contributed by atoms with Crippen molar-refractivity contribution in [3.05, 3.63) is 39.9 Å². The zero-order valence-corrected chi connectivity index (χ0v) is 18.6. The Balaban J connectivity index is 1.35. The van der Waals surface area contributed by atoms with Gasteiger partial charge in [-0.25, -0.2) is 0 Å². The van der Waals surface area contributed by atoms with Gasteiger partial charge in [0.05, 0.1) is 29.5 Å². The van der Waals surface area contributed by atoms with Crippen LogP contribution >= 0.6 is 11.6 Å². The van der Waals surface area contributed by atoms with E-state index in [0.29, 0.717) is 49.7 Å². The van der Waals surface area contributed by atoms with Crippen molar-refractivity contribution in [3.63, 3.8) is 0 Å². The fourth-order valence-electron chi connectivity index (χ4n) is 4.43. The molecule has 11 heteroatoms. The van der Waals surface area contributed by atoms with E-state index in [4.69, 9.17) is 22.1 Å². The van der Waals surface area contributed by atoms with Crippen molar-refractivity contribution in [2.75, 3.05) is 19.7 Å². The molecule has 1 saturated carbocycles. The molecule has 4 rings (SSSR count). The standard InChI is InChI=1S/C21H27ClN6O4/c1-2-13-16(22)17(27-26-13)20(31)28-9-10-32-21(11-28)7-5-12(6-8-21)24-19(30)15-4-3-14(25-15)18(23)29/h3-4,12,25H,2,5-11H2,1H3,(H2,23,29)(H,24,30)(H,26,27). The van der Waals surface area contributed by atoms with E-state index in [1.54, 1.807) is 4.90 Å². The number of morpholine rings is 1. The van der Waals surface area contributed by atoms with Gasteiger partial charge in [0.15, 0.2) is 5.69 Å². The highest BCUT2D eigenvalue weighted by molar-refractivity contribution is 6.34. The fourth-order valence-corrected chi connectivity index (χ4v) is 4.73. The third-order valence-corrected chi connectivity index (χ3v) is 6.70. The summed E-state index contributed by atoms with van der Waals surface area (Å²) in [6.45, 7) is 3.35. The molecule has 2 fully saturated rings. The molecule has 1 aliphatic heterocycles. The topological polar surface area (TPSA) is 146 Å². The number of nitrogens with one attached hydrogen (secondary N) is 3. The van der Waals surface area contributed by atoms with Crippen molar-refractivity contribution in [2.24, 2.45) is 5.73 Å². The molecule has 172 valence electrons.